The van der Waals surface area contributed by atoms with E-state index in [1.165, 1.54) is 36.4 Å². The molecule has 0 aliphatic heterocycles. The Morgan fingerprint density at radius 2 is 1.08 bits per heavy atom. The third-order valence-electron chi connectivity index (χ3n) is 3.36. The van der Waals surface area contributed by atoms with Gasteiger partial charge in [-0.1, -0.05) is 24.3 Å². The summed E-state index contributed by atoms with van der Waals surface area (Å²) in [5.74, 6) is 10.4. The average Bonchev–Trinajstić information content (AvgIpc) is 2.58. The molecule has 0 amide bonds. The number of nitrogens with two attached hydrogens (primary N) is 2. The van der Waals surface area contributed by atoms with E-state index in [9.17, 15) is 25.9 Å². The second-order valence-electron chi connectivity index (χ2n) is 5.08. The van der Waals surface area contributed by atoms with Crippen LogP contribution in [0.3, 0.4) is 0 Å². The molecule has 8 N–H and O–H groups in total. The summed E-state index contributed by atoms with van der Waals surface area (Å²) in [4.78, 5) is -0.865. The number of anilines is 2. The summed E-state index contributed by atoms with van der Waals surface area (Å²) >= 11 is 0. The van der Waals surface area contributed by atoms with Gasteiger partial charge in [0.2, 0.25) is 0 Å². The van der Waals surface area contributed by atoms with Gasteiger partial charge in [-0.3, -0.25) is 20.8 Å². The van der Waals surface area contributed by atoms with Gasteiger partial charge < -0.3 is 10.9 Å². The summed E-state index contributed by atoms with van der Waals surface area (Å²) in [6.45, 7) is 0. The van der Waals surface area contributed by atoms with E-state index in [0.717, 1.165) is 12.1 Å². The van der Waals surface area contributed by atoms with Crippen molar-refractivity contribution in [3.05, 3.63) is 47.5 Å². The average molecular weight is 400 g/mol. The summed E-state index contributed by atoms with van der Waals surface area (Å²) in [7, 11) is -9.12. The minimum atomic E-state index is -4.56. The normalized spacial score (nSPS) is 12.3. The Morgan fingerprint density at radius 3 is 1.35 bits per heavy atom. The quantitative estimate of drug-likeness (QED) is 0.176. The molecular formula is C14H16N4O6S2. The highest BCUT2D eigenvalue weighted by atomic mass is 32.2. The van der Waals surface area contributed by atoms with E-state index in [2.05, 4.69) is 10.9 Å². The number of hydrazine groups is 2. The Hall–Kier alpha value is -2.48. The first-order valence-electron chi connectivity index (χ1n) is 6.90. The van der Waals surface area contributed by atoms with Crippen LogP contribution in [-0.4, -0.2) is 25.9 Å². The van der Waals surface area contributed by atoms with Crippen molar-refractivity contribution in [1.29, 1.82) is 0 Å². The number of benzene rings is 2. The Kier molecular flexibility index (Phi) is 5.65. The van der Waals surface area contributed by atoms with Crippen molar-refractivity contribution in [2.24, 2.45) is 11.7 Å². The minimum absolute atomic E-state index is 0.0776. The van der Waals surface area contributed by atoms with Crippen molar-refractivity contribution in [2.75, 3.05) is 10.9 Å². The molecule has 0 aliphatic rings. The predicted molar refractivity (Wildman–Crippen MR) is 97.1 cm³/mol. The molecular weight excluding hydrogens is 384 g/mol. The van der Waals surface area contributed by atoms with Crippen LogP contribution >= 0.6 is 0 Å². The van der Waals surface area contributed by atoms with Gasteiger partial charge >= 0.3 is 0 Å². The highest BCUT2D eigenvalue weighted by Crippen LogP contribution is 2.25. The highest BCUT2D eigenvalue weighted by molar-refractivity contribution is 7.86. The van der Waals surface area contributed by atoms with E-state index >= 15 is 0 Å². The van der Waals surface area contributed by atoms with E-state index in [1.807, 2.05) is 0 Å². The zero-order valence-corrected chi connectivity index (χ0v) is 14.8. The summed E-state index contributed by atoms with van der Waals surface area (Å²) < 4.78 is 64.9. The number of nitrogen functional groups attached to an aromatic ring is 2. The van der Waals surface area contributed by atoms with Gasteiger partial charge in [0, 0.05) is 11.4 Å². The maximum absolute atomic E-state index is 11.5. The molecule has 0 spiro atoms. The van der Waals surface area contributed by atoms with Crippen LogP contribution < -0.4 is 22.5 Å². The molecule has 26 heavy (non-hydrogen) atoms. The smallest absolute Gasteiger partial charge is 0.295 e. The molecule has 0 aromatic heterocycles. The van der Waals surface area contributed by atoms with Gasteiger partial charge in [0.1, 0.15) is 9.79 Å². The molecule has 0 atom stereocenters. The lowest BCUT2D eigenvalue weighted by atomic mass is 10.1. The second kappa shape index (κ2) is 7.41. The fourth-order valence-corrected chi connectivity index (χ4v) is 3.57. The lowest BCUT2D eigenvalue weighted by Crippen LogP contribution is -2.09. The van der Waals surface area contributed by atoms with Crippen LogP contribution in [-0.2, 0) is 20.2 Å². The fourth-order valence-electron chi connectivity index (χ4n) is 2.15. The maximum atomic E-state index is 11.5. The highest BCUT2D eigenvalue weighted by Gasteiger charge is 2.17. The molecule has 140 valence electrons. The van der Waals surface area contributed by atoms with Crippen LogP contribution in [0.1, 0.15) is 11.1 Å². The summed E-state index contributed by atoms with van der Waals surface area (Å²) in [5.41, 5.74) is 5.14. The van der Waals surface area contributed by atoms with Crippen LogP contribution in [0.5, 0.6) is 0 Å². The van der Waals surface area contributed by atoms with Crippen LogP contribution in [0.4, 0.5) is 11.4 Å². The van der Waals surface area contributed by atoms with E-state index in [0.29, 0.717) is 0 Å². The van der Waals surface area contributed by atoms with Crippen molar-refractivity contribution in [2.45, 2.75) is 9.79 Å². The van der Waals surface area contributed by atoms with Crippen molar-refractivity contribution in [1.82, 2.24) is 0 Å². The number of rotatable bonds is 6. The molecule has 2 rings (SSSR count). The minimum Gasteiger partial charge on any atom is -0.324 e. The van der Waals surface area contributed by atoms with E-state index < -0.39 is 30.0 Å². The molecule has 12 heteroatoms. The summed E-state index contributed by atoms with van der Waals surface area (Å²) in [6.07, 6.45) is 2.53. The van der Waals surface area contributed by atoms with Crippen molar-refractivity contribution >= 4 is 43.8 Å². The zero-order valence-electron chi connectivity index (χ0n) is 13.1. The lowest BCUT2D eigenvalue weighted by molar-refractivity contribution is 0.480. The molecule has 0 bridgehead atoms. The molecule has 10 nitrogen and oxygen atoms in total. The largest absolute Gasteiger partial charge is 0.324 e. The summed E-state index contributed by atoms with van der Waals surface area (Å²) in [6, 6.07) is 7.86. The maximum Gasteiger partial charge on any atom is 0.295 e. The topological polar surface area (TPSA) is 185 Å². The Balaban J connectivity index is 2.58. The van der Waals surface area contributed by atoms with Gasteiger partial charge in [0.15, 0.2) is 0 Å². The first-order chi connectivity index (χ1) is 12.1. The molecule has 0 fully saturated rings. The molecule has 0 aliphatic carbocycles. The molecule has 2 aromatic rings. The van der Waals surface area contributed by atoms with Crippen LogP contribution in [0.25, 0.3) is 12.2 Å². The van der Waals surface area contributed by atoms with E-state index in [1.54, 1.807) is 0 Å². The van der Waals surface area contributed by atoms with Crippen molar-refractivity contribution < 1.29 is 25.9 Å². The molecule has 2 aromatic carbocycles. The van der Waals surface area contributed by atoms with Crippen LogP contribution in [0.2, 0.25) is 0 Å². The summed E-state index contributed by atoms with van der Waals surface area (Å²) in [5, 5.41) is 0. The molecule has 0 saturated heterocycles. The van der Waals surface area contributed by atoms with Crippen molar-refractivity contribution in [3.8, 4) is 0 Å². The van der Waals surface area contributed by atoms with Crippen LogP contribution in [0.15, 0.2) is 46.2 Å². The van der Waals surface area contributed by atoms with Gasteiger partial charge in [-0.25, -0.2) is 0 Å². The van der Waals surface area contributed by atoms with E-state index in [-0.39, 0.29) is 22.5 Å². The monoisotopic (exact) mass is 400 g/mol. The Bertz CT molecular complexity index is 979. The third kappa shape index (κ3) is 4.57. The lowest BCUT2D eigenvalue weighted by Gasteiger charge is -2.08. The molecule has 0 saturated carbocycles. The van der Waals surface area contributed by atoms with Gasteiger partial charge in [0.05, 0.1) is 0 Å². The van der Waals surface area contributed by atoms with Gasteiger partial charge in [0.25, 0.3) is 20.2 Å². The second-order valence-corrected chi connectivity index (χ2v) is 7.86. The number of hydrogen-bond acceptors (Lipinski definition) is 8. The van der Waals surface area contributed by atoms with Crippen LogP contribution in [0, 0.1) is 0 Å². The standard InChI is InChI=1S/C14H16N4O6S2/c15-17-11-5-3-9(13(7-11)25(19,20)21)1-2-10-4-6-12(18-16)8-14(10)26(22,23)24/h1-8,17-18H,15-16H2,(H,19,20,21)(H,22,23,24). The van der Waals surface area contributed by atoms with Crippen molar-refractivity contribution in [3.63, 3.8) is 0 Å². The molecule has 0 radical (unpaired) electrons. The Morgan fingerprint density at radius 1 is 0.731 bits per heavy atom. The molecule has 0 unspecified atom stereocenters. The molecule has 0 heterocycles. The van der Waals surface area contributed by atoms with E-state index in [4.69, 9.17) is 11.7 Å². The van der Waals surface area contributed by atoms with Gasteiger partial charge in [-0.05, 0) is 35.4 Å². The SMILES string of the molecule is NNc1ccc(C=Cc2ccc(NN)cc2S(=O)(=O)O)c(S(=O)(=O)O)c1. The third-order valence-corrected chi connectivity index (χ3v) is 5.18. The fraction of sp³-hybridized carbons (Fsp3) is 0. The van der Waals surface area contributed by atoms with Gasteiger partial charge in [-0.2, -0.15) is 16.8 Å². The first kappa shape index (κ1) is 19.8. The number of hydrogen-bond donors (Lipinski definition) is 6. The first-order valence-corrected chi connectivity index (χ1v) is 9.78. The Labute approximate surface area is 150 Å². The number of nitrogens with one attached hydrogen (secondary N) is 2. The predicted octanol–water partition coefficient (Wildman–Crippen LogP) is 0.922. The zero-order chi connectivity index (χ0) is 19.5. The van der Waals surface area contributed by atoms with Gasteiger partial charge in [-0.15, -0.1) is 0 Å².